The normalized spacial score (nSPS) is 22.1. The predicted octanol–water partition coefficient (Wildman–Crippen LogP) is 6.57. The average Bonchev–Trinajstić information content (AvgIpc) is 3.58. The second-order valence-corrected chi connectivity index (χ2v) is 13.4. The van der Waals surface area contributed by atoms with E-state index in [1.165, 1.54) is 6.92 Å². The van der Waals surface area contributed by atoms with E-state index >= 15 is 0 Å². The van der Waals surface area contributed by atoms with E-state index in [0.29, 0.717) is 19.6 Å². The van der Waals surface area contributed by atoms with Crippen LogP contribution in [0.1, 0.15) is 56.9 Å². The molecule has 0 spiro atoms. The van der Waals surface area contributed by atoms with Crippen molar-refractivity contribution in [3.05, 3.63) is 144 Å². The third kappa shape index (κ3) is 7.12. The van der Waals surface area contributed by atoms with Crippen LogP contribution in [-0.4, -0.2) is 77.6 Å². The minimum atomic E-state index is -1.12. The van der Waals surface area contributed by atoms with E-state index in [2.05, 4.69) is 53.4 Å². The molecule has 2 aliphatic heterocycles. The molecule has 2 saturated heterocycles. The molecule has 2 fully saturated rings. The first-order chi connectivity index (χ1) is 24.2. The van der Waals surface area contributed by atoms with Crippen LogP contribution in [0.15, 0.2) is 121 Å². The second kappa shape index (κ2) is 15.3. The van der Waals surface area contributed by atoms with Gasteiger partial charge in [-0.2, -0.15) is 0 Å². The highest BCUT2D eigenvalue weighted by Crippen LogP contribution is 2.46. The Hall–Kier alpha value is -4.34. The van der Waals surface area contributed by atoms with E-state index in [1.807, 2.05) is 100 Å². The summed E-state index contributed by atoms with van der Waals surface area (Å²) in [6.45, 7) is 10.6. The van der Waals surface area contributed by atoms with Gasteiger partial charge in [0.1, 0.15) is 17.8 Å². The number of rotatable bonds is 13. The molecular weight excluding hydrogens is 628 g/mol. The number of carbonyl (C=O) groups is 2. The van der Waals surface area contributed by atoms with Crippen molar-refractivity contribution in [3.8, 4) is 0 Å². The molecule has 4 aromatic rings. The summed E-state index contributed by atoms with van der Waals surface area (Å²) in [4.78, 5) is 30.9. The summed E-state index contributed by atoms with van der Waals surface area (Å²) in [5.41, 5.74) is 3.01. The van der Waals surface area contributed by atoms with Crippen molar-refractivity contribution >= 4 is 11.9 Å². The van der Waals surface area contributed by atoms with Crippen LogP contribution in [0.25, 0.3) is 0 Å². The molecule has 0 aliphatic carbocycles. The quantitative estimate of drug-likeness (QED) is 0.117. The Morgan fingerprint density at radius 3 is 1.68 bits per heavy atom. The van der Waals surface area contributed by atoms with E-state index in [9.17, 15) is 9.59 Å². The van der Waals surface area contributed by atoms with Gasteiger partial charge in [-0.05, 0) is 49.9 Å². The van der Waals surface area contributed by atoms with Gasteiger partial charge >= 0.3 is 5.97 Å². The Kier molecular flexibility index (Phi) is 10.8. The molecule has 4 aromatic carbocycles. The van der Waals surface area contributed by atoms with Crippen LogP contribution >= 0.6 is 0 Å². The molecule has 2 aliphatic rings. The number of carbonyl (C=O) groups excluding carboxylic acids is 2. The molecule has 1 amide bonds. The first-order valence-corrected chi connectivity index (χ1v) is 17.6. The number of hydrogen-bond acceptors (Lipinski definition) is 7. The zero-order valence-corrected chi connectivity index (χ0v) is 29.6. The van der Waals surface area contributed by atoms with Crippen molar-refractivity contribution in [1.82, 2.24) is 9.80 Å². The van der Waals surface area contributed by atoms with E-state index < -0.39 is 41.7 Å². The van der Waals surface area contributed by atoms with Crippen molar-refractivity contribution in [3.63, 3.8) is 0 Å². The average molecular weight is 677 g/mol. The molecule has 8 heteroatoms. The smallest absolute Gasteiger partial charge is 0.303 e. The molecule has 8 nitrogen and oxygen atoms in total. The fourth-order valence-electron chi connectivity index (χ4n) is 7.67. The first kappa shape index (κ1) is 35.5. The maximum Gasteiger partial charge on any atom is 0.303 e. The molecule has 2 heterocycles. The Balaban J connectivity index is 1.49. The lowest BCUT2D eigenvalue weighted by Gasteiger charge is -2.40. The fraction of sp³-hybridized carbons (Fsp3) is 0.381. The zero-order chi connectivity index (χ0) is 35.3. The Bertz CT molecular complexity index is 1600. The Morgan fingerprint density at radius 2 is 1.22 bits per heavy atom. The molecular formula is C42H48N2O6. The standard InChI is InChI=1S/C42H48N2O6/c1-6-43(7-2)40(46)39(48-30(3)45)36-38-37(49-41(4,5)50-38)35(44(36)28-31-20-12-8-13-21-31)29-47-42(32-22-14-9-15-23-32,33-24-16-10-17-25-33)34-26-18-11-19-27-34/h8-27,35-39H,6-7,28-29H2,1-5H3/t35-,36-,37-,38+,39-/m0/s1. The van der Waals surface area contributed by atoms with Gasteiger partial charge in [-0.1, -0.05) is 121 Å². The molecule has 6 rings (SSSR count). The molecule has 262 valence electrons. The van der Waals surface area contributed by atoms with Crippen LogP contribution in [0.4, 0.5) is 0 Å². The third-order valence-corrected chi connectivity index (χ3v) is 9.83. The van der Waals surface area contributed by atoms with Crippen LogP contribution in [0.2, 0.25) is 0 Å². The molecule has 5 atom stereocenters. The fourth-order valence-corrected chi connectivity index (χ4v) is 7.67. The predicted molar refractivity (Wildman–Crippen MR) is 192 cm³/mol. The zero-order valence-electron chi connectivity index (χ0n) is 29.6. The largest absolute Gasteiger partial charge is 0.451 e. The van der Waals surface area contributed by atoms with Crippen LogP contribution in [0.5, 0.6) is 0 Å². The van der Waals surface area contributed by atoms with Crippen molar-refractivity contribution in [1.29, 1.82) is 0 Å². The second-order valence-electron chi connectivity index (χ2n) is 13.4. The molecule has 0 unspecified atom stereocenters. The summed E-state index contributed by atoms with van der Waals surface area (Å²) in [5.74, 6) is -1.71. The van der Waals surface area contributed by atoms with E-state index in [-0.39, 0.29) is 18.6 Å². The highest BCUT2D eigenvalue weighted by Gasteiger charge is 2.62. The van der Waals surface area contributed by atoms with E-state index in [0.717, 1.165) is 22.3 Å². The number of likely N-dealkylation sites (N-methyl/N-ethyl adjacent to an activating group) is 1. The highest BCUT2D eigenvalue weighted by atomic mass is 16.8. The van der Waals surface area contributed by atoms with Crippen LogP contribution < -0.4 is 0 Å². The summed E-state index contributed by atoms with van der Waals surface area (Å²) in [6, 6.07) is 39.8. The minimum Gasteiger partial charge on any atom is -0.451 e. The van der Waals surface area contributed by atoms with Gasteiger partial charge < -0.3 is 23.8 Å². The van der Waals surface area contributed by atoms with Gasteiger partial charge in [0.05, 0.1) is 18.7 Å². The number of hydrogen-bond donors (Lipinski definition) is 0. The summed E-state index contributed by atoms with van der Waals surface area (Å²) in [6.07, 6.45) is -2.18. The Morgan fingerprint density at radius 1 is 0.760 bits per heavy atom. The monoisotopic (exact) mass is 676 g/mol. The number of amides is 1. The molecule has 0 N–H and O–H groups in total. The molecule has 0 aromatic heterocycles. The van der Waals surface area contributed by atoms with Gasteiger partial charge in [-0.15, -0.1) is 0 Å². The van der Waals surface area contributed by atoms with Crippen molar-refractivity contribution in [2.75, 3.05) is 19.7 Å². The number of likely N-dealkylation sites (tertiary alicyclic amines) is 1. The number of ether oxygens (including phenoxy) is 4. The Labute approximate surface area is 295 Å². The summed E-state index contributed by atoms with van der Waals surface area (Å²) in [5, 5.41) is 0. The van der Waals surface area contributed by atoms with Gasteiger partial charge in [-0.25, -0.2) is 0 Å². The lowest BCUT2D eigenvalue weighted by Crippen LogP contribution is -2.56. The topological polar surface area (TPSA) is 77.5 Å². The maximum absolute atomic E-state index is 14.2. The number of fused-ring (bicyclic) bond motifs is 1. The maximum atomic E-state index is 14.2. The molecule has 0 saturated carbocycles. The minimum absolute atomic E-state index is 0.217. The third-order valence-electron chi connectivity index (χ3n) is 9.83. The van der Waals surface area contributed by atoms with E-state index in [4.69, 9.17) is 18.9 Å². The van der Waals surface area contributed by atoms with Gasteiger partial charge in [0.15, 0.2) is 11.9 Å². The van der Waals surface area contributed by atoms with Gasteiger partial charge in [0.2, 0.25) is 0 Å². The number of benzene rings is 4. The van der Waals surface area contributed by atoms with Gasteiger partial charge in [-0.3, -0.25) is 14.5 Å². The lowest BCUT2D eigenvalue weighted by molar-refractivity contribution is -0.188. The van der Waals surface area contributed by atoms with E-state index in [1.54, 1.807) is 4.90 Å². The van der Waals surface area contributed by atoms with Gasteiger partial charge in [0, 0.05) is 26.6 Å². The van der Waals surface area contributed by atoms with Gasteiger partial charge in [0.25, 0.3) is 5.91 Å². The van der Waals surface area contributed by atoms with Crippen molar-refractivity contribution in [2.24, 2.45) is 0 Å². The molecule has 50 heavy (non-hydrogen) atoms. The SMILES string of the molecule is CCN(CC)C(=O)[C@@H](OC(C)=O)[C@@H]1[C@H]2OC(C)(C)O[C@H]2[C@H](COC(c2ccccc2)(c2ccccc2)c2ccccc2)N1Cc1ccccc1. The summed E-state index contributed by atoms with van der Waals surface area (Å²) in [7, 11) is 0. The molecule has 0 bridgehead atoms. The number of esters is 1. The summed E-state index contributed by atoms with van der Waals surface area (Å²) < 4.78 is 26.7. The number of nitrogens with zero attached hydrogens (tertiary/aromatic N) is 2. The van der Waals surface area contributed by atoms with Crippen LogP contribution in [-0.2, 0) is 40.7 Å². The molecule has 0 radical (unpaired) electrons. The lowest BCUT2D eigenvalue weighted by atomic mass is 9.80. The van der Waals surface area contributed by atoms with Crippen LogP contribution in [0, 0.1) is 0 Å². The van der Waals surface area contributed by atoms with Crippen LogP contribution in [0.3, 0.4) is 0 Å². The van der Waals surface area contributed by atoms with Crippen molar-refractivity contribution < 1.29 is 28.5 Å². The highest BCUT2D eigenvalue weighted by molar-refractivity contribution is 5.84. The van der Waals surface area contributed by atoms with Crippen molar-refractivity contribution in [2.45, 2.75) is 82.9 Å². The summed E-state index contributed by atoms with van der Waals surface area (Å²) >= 11 is 0. The first-order valence-electron chi connectivity index (χ1n) is 17.6.